The Kier molecular flexibility index (Phi) is 3.86. The normalized spacial score (nSPS) is 24.0. The Hall–Kier alpha value is -1.98. The van der Waals surface area contributed by atoms with Gasteiger partial charge in [-0.1, -0.05) is 0 Å². The number of hydrogen-bond donors (Lipinski definition) is 1. The fourth-order valence-electron chi connectivity index (χ4n) is 3.49. The average Bonchev–Trinajstić information content (AvgIpc) is 2.68. The minimum Gasteiger partial charge on any atom is -0.444 e. The van der Waals surface area contributed by atoms with E-state index in [1.807, 2.05) is 30.6 Å². The molecule has 1 amide bonds. The fourth-order valence-corrected chi connectivity index (χ4v) is 3.49. The molecular formula is C17H24FN3O2. The van der Waals surface area contributed by atoms with Gasteiger partial charge in [0, 0.05) is 18.8 Å². The zero-order chi connectivity index (χ0) is 16.8. The van der Waals surface area contributed by atoms with Gasteiger partial charge in [0.15, 0.2) is 0 Å². The van der Waals surface area contributed by atoms with Crippen LogP contribution in [0.15, 0.2) is 18.2 Å². The number of fused-ring (bicyclic) bond motifs is 2. The van der Waals surface area contributed by atoms with Crippen LogP contribution in [-0.4, -0.2) is 41.8 Å². The first kappa shape index (κ1) is 15.9. The maximum atomic E-state index is 14.2. The van der Waals surface area contributed by atoms with Crippen molar-refractivity contribution in [2.24, 2.45) is 0 Å². The second kappa shape index (κ2) is 5.58. The van der Waals surface area contributed by atoms with Gasteiger partial charge in [0.1, 0.15) is 11.4 Å². The average molecular weight is 321 g/mol. The largest absolute Gasteiger partial charge is 0.444 e. The van der Waals surface area contributed by atoms with Crippen LogP contribution in [-0.2, 0) is 4.74 Å². The van der Waals surface area contributed by atoms with E-state index in [1.165, 1.54) is 6.07 Å². The number of rotatable bonds is 1. The highest BCUT2D eigenvalue weighted by Gasteiger charge is 2.44. The van der Waals surface area contributed by atoms with Crippen molar-refractivity contribution in [3.05, 3.63) is 24.0 Å². The third kappa shape index (κ3) is 3.21. The summed E-state index contributed by atoms with van der Waals surface area (Å²) in [6, 6.07) is 4.91. The molecule has 0 aliphatic carbocycles. The molecule has 23 heavy (non-hydrogen) atoms. The van der Waals surface area contributed by atoms with Gasteiger partial charge < -0.3 is 15.4 Å². The number of carbonyl (C=O) groups is 1. The zero-order valence-corrected chi connectivity index (χ0v) is 13.9. The number of hydrogen-bond acceptors (Lipinski definition) is 4. The Morgan fingerprint density at radius 1 is 1.26 bits per heavy atom. The number of carbonyl (C=O) groups excluding carboxylic acids is 1. The van der Waals surface area contributed by atoms with Gasteiger partial charge in [-0.2, -0.15) is 0 Å². The SMILES string of the molecule is CC(C)(C)OC(=O)N1[C@@H]2CC[C@H]1CN(c1ccc(N)cc1F)C2. The Balaban J connectivity index is 1.75. The summed E-state index contributed by atoms with van der Waals surface area (Å²) >= 11 is 0. The predicted molar refractivity (Wildman–Crippen MR) is 87.9 cm³/mol. The van der Waals surface area contributed by atoms with Crippen molar-refractivity contribution < 1.29 is 13.9 Å². The third-order valence-corrected chi connectivity index (χ3v) is 4.40. The number of nitrogens with two attached hydrogens (primary N) is 1. The van der Waals surface area contributed by atoms with Crippen molar-refractivity contribution >= 4 is 17.5 Å². The summed E-state index contributed by atoms with van der Waals surface area (Å²) < 4.78 is 19.7. The van der Waals surface area contributed by atoms with Crippen LogP contribution in [0, 0.1) is 5.82 Å². The molecule has 2 atom stereocenters. The van der Waals surface area contributed by atoms with E-state index < -0.39 is 5.60 Å². The van der Waals surface area contributed by atoms with Crippen molar-refractivity contribution in [1.29, 1.82) is 0 Å². The number of nitrogen functional groups attached to an aromatic ring is 1. The number of amides is 1. The molecule has 0 spiro atoms. The monoisotopic (exact) mass is 321 g/mol. The second-order valence-electron chi connectivity index (χ2n) is 7.39. The smallest absolute Gasteiger partial charge is 0.410 e. The van der Waals surface area contributed by atoms with Gasteiger partial charge in [-0.05, 0) is 51.8 Å². The van der Waals surface area contributed by atoms with E-state index in [0.717, 1.165) is 12.8 Å². The molecular weight excluding hydrogens is 297 g/mol. The molecule has 6 heteroatoms. The minimum absolute atomic E-state index is 0.0700. The van der Waals surface area contributed by atoms with Crippen molar-refractivity contribution in [2.45, 2.75) is 51.3 Å². The minimum atomic E-state index is -0.503. The number of halogens is 1. The molecule has 5 nitrogen and oxygen atoms in total. The Labute approximate surface area is 136 Å². The van der Waals surface area contributed by atoms with Crippen LogP contribution in [0.4, 0.5) is 20.6 Å². The van der Waals surface area contributed by atoms with Crippen molar-refractivity contribution in [2.75, 3.05) is 23.7 Å². The lowest BCUT2D eigenvalue weighted by Crippen LogP contribution is -2.57. The molecule has 2 aliphatic rings. The molecule has 2 bridgehead atoms. The van der Waals surface area contributed by atoms with Crippen molar-refractivity contribution in [3.63, 3.8) is 0 Å². The maximum absolute atomic E-state index is 14.2. The first-order chi connectivity index (χ1) is 10.7. The molecule has 2 heterocycles. The summed E-state index contributed by atoms with van der Waals surface area (Å²) in [5.74, 6) is -0.310. The quantitative estimate of drug-likeness (QED) is 0.808. The summed E-state index contributed by atoms with van der Waals surface area (Å²) in [7, 11) is 0. The summed E-state index contributed by atoms with van der Waals surface area (Å²) in [6.07, 6.45) is 1.59. The molecule has 2 aliphatic heterocycles. The number of ether oxygens (including phenoxy) is 1. The molecule has 0 saturated carbocycles. The highest BCUT2D eigenvalue weighted by molar-refractivity contribution is 5.70. The van der Waals surface area contributed by atoms with Gasteiger partial charge in [-0.25, -0.2) is 9.18 Å². The molecule has 126 valence electrons. The number of piperazine rings is 1. The number of nitrogens with zero attached hydrogens (tertiary/aromatic N) is 2. The van der Waals surface area contributed by atoms with Crippen LogP contribution < -0.4 is 10.6 Å². The molecule has 2 N–H and O–H groups in total. The van der Waals surface area contributed by atoms with E-state index in [2.05, 4.69) is 0 Å². The molecule has 2 fully saturated rings. The van der Waals surface area contributed by atoms with Gasteiger partial charge >= 0.3 is 6.09 Å². The van der Waals surface area contributed by atoms with Crippen molar-refractivity contribution in [3.8, 4) is 0 Å². The first-order valence-electron chi connectivity index (χ1n) is 8.06. The first-order valence-corrected chi connectivity index (χ1v) is 8.06. The Bertz CT molecular complexity index is 600. The van der Waals surface area contributed by atoms with E-state index in [1.54, 1.807) is 12.1 Å². The molecule has 0 radical (unpaired) electrons. The van der Waals surface area contributed by atoms with Crippen LogP contribution in [0.1, 0.15) is 33.6 Å². The zero-order valence-electron chi connectivity index (χ0n) is 13.9. The number of anilines is 2. The summed E-state index contributed by atoms with van der Waals surface area (Å²) in [4.78, 5) is 16.3. The second-order valence-corrected chi connectivity index (χ2v) is 7.39. The van der Waals surface area contributed by atoms with E-state index in [4.69, 9.17) is 10.5 Å². The van der Waals surface area contributed by atoms with Crippen LogP contribution >= 0.6 is 0 Å². The third-order valence-electron chi connectivity index (χ3n) is 4.40. The molecule has 0 unspecified atom stereocenters. The molecule has 0 aromatic heterocycles. The van der Waals surface area contributed by atoms with Crippen LogP contribution in [0.5, 0.6) is 0 Å². The van der Waals surface area contributed by atoms with E-state index in [0.29, 0.717) is 24.5 Å². The van der Waals surface area contributed by atoms with Crippen LogP contribution in [0.2, 0.25) is 0 Å². The maximum Gasteiger partial charge on any atom is 0.410 e. The van der Waals surface area contributed by atoms with Crippen LogP contribution in [0.25, 0.3) is 0 Å². The van der Waals surface area contributed by atoms with Gasteiger partial charge in [0.2, 0.25) is 0 Å². The number of benzene rings is 1. The highest BCUT2D eigenvalue weighted by atomic mass is 19.1. The lowest BCUT2D eigenvalue weighted by molar-refractivity contribution is 0.0123. The lowest BCUT2D eigenvalue weighted by atomic mass is 10.1. The van der Waals surface area contributed by atoms with E-state index >= 15 is 0 Å². The van der Waals surface area contributed by atoms with E-state index in [-0.39, 0.29) is 24.0 Å². The fraction of sp³-hybridized carbons (Fsp3) is 0.588. The van der Waals surface area contributed by atoms with Gasteiger partial charge in [0.05, 0.1) is 17.8 Å². The van der Waals surface area contributed by atoms with Gasteiger partial charge in [-0.3, -0.25) is 4.90 Å². The molecule has 1 aromatic carbocycles. The summed E-state index contributed by atoms with van der Waals surface area (Å²) in [5.41, 5.74) is 6.09. The van der Waals surface area contributed by atoms with Crippen LogP contribution in [0.3, 0.4) is 0 Å². The van der Waals surface area contributed by atoms with Gasteiger partial charge in [-0.15, -0.1) is 0 Å². The van der Waals surface area contributed by atoms with Gasteiger partial charge in [0.25, 0.3) is 0 Å². The molecule has 2 saturated heterocycles. The summed E-state index contributed by atoms with van der Waals surface area (Å²) in [5, 5.41) is 0. The Morgan fingerprint density at radius 3 is 2.39 bits per heavy atom. The molecule has 1 aromatic rings. The van der Waals surface area contributed by atoms with E-state index in [9.17, 15) is 9.18 Å². The van der Waals surface area contributed by atoms with Crippen molar-refractivity contribution in [1.82, 2.24) is 4.90 Å². The standard InChI is InChI=1S/C17H24FN3O2/c1-17(2,3)23-16(22)21-12-5-6-13(21)10-20(9-12)15-7-4-11(19)8-14(15)18/h4,7-8,12-13H,5-6,9-10,19H2,1-3H3/t12-,13+. The summed E-state index contributed by atoms with van der Waals surface area (Å²) in [6.45, 7) is 6.85. The highest BCUT2D eigenvalue weighted by Crippen LogP contribution is 2.35. The lowest BCUT2D eigenvalue weighted by Gasteiger charge is -2.42. The Morgan fingerprint density at radius 2 is 1.87 bits per heavy atom. The topological polar surface area (TPSA) is 58.8 Å². The molecule has 3 rings (SSSR count). The predicted octanol–water partition coefficient (Wildman–Crippen LogP) is 3.00.